The van der Waals surface area contributed by atoms with Crippen molar-refractivity contribution in [3.8, 4) is 0 Å². The van der Waals surface area contributed by atoms with Gasteiger partial charge in [-0.3, -0.25) is 42.2 Å². The number of nitrogens with zero attached hydrogens (tertiary/aromatic N) is 6. The van der Waals surface area contributed by atoms with Gasteiger partial charge in [-0.25, -0.2) is 18.9 Å². The molecule has 3 aromatic heterocycles. The molecule has 3 aromatic rings. The Morgan fingerprint density at radius 3 is 2.26 bits per heavy atom. The second kappa shape index (κ2) is 20.1. The Morgan fingerprint density at radius 2 is 1.64 bits per heavy atom. The van der Waals surface area contributed by atoms with Crippen LogP contribution in [0.1, 0.15) is 26.5 Å². The summed E-state index contributed by atoms with van der Waals surface area (Å²) in [4.78, 5) is 76.9. The summed E-state index contributed by atoms with van der Waals surface area (Å²) in [6, 6.07) is 0. The molecule has 0 bridgehead atoms. The lowest BCUT2D eigenvalue weighted by Crippen LogP contribution is -2.42. The van der Waals surface area contributed by atoms with E-state index in [9.17, 15) is 48.6 Å². The van der Waals surface area contributed by atoms with E-state index in [-0.39, 0.29) is 53.5 Å². The molecular weight excluding hydrogens is 860 g/mol. The molecule has 2 aliphatic heterocycles. The largest absolute Gasteiger partial charge is 0.472 e. The highest BCUT2D eigenvalue weighted by atomic mass is 31.2. The van der Waals surface area contributed by atoms with Crippen molar-refractivity contribution in [2.45, 2.75) is 63.2 Å². The molecular formula is C31H49N11O17P2. The van der Waals surface area contributed by atoms with Crippen molar-refractivity contribution >= 4 is 56.3 Å². The molecule has 12 N–H and O–H groups in total. The van der Waals surface area contributed by atoms with Gasteiger partial charge in [0.1, 0.15) is 30.1 Å². The number of aromatic nitrogens is 6. The number of aromatic amines is 2. The highest BCUT2D eigenvalue weighted by Gasteiger charge is 2.47. The molecule has 0 saturated carbocycles. The monoisotopic (exact) mass is 909 g/mol. The Hall–Kier alpha value is -4.54. The lowest BCUT2D eigenvalue weighted by atomic mass is 10.1. The maximum atomic E-state index is 12.9. The number of ether oxygens (including phenoxy) is 3. The van der Waals surface area contributed by atoms with E-state index in [1.807, 2.05) is 0 Å². The minimum absolute atomic E-state index is 0.0103. The smallest absolute Gasteiger partial charge is 0.449 e. The number of nitrogens with two attached hydrogens (primary N) is 2. The van der Waals surface area contributed by atoms with Crippen molar-refractivity contribution in [2.24, 2.45) is 5.92 Å². The van der Waals surface area contributed by atoms with Gasteiger partial charge in [0.05, 0.1) is 45.5 Å². The van der Waals surface area contributed by atoms with Crippen molar-refractivity contribution in [3.63, 3.8) is 0 Å². The Bertz CT molecular complexity index is 2230. The van der Waals surface area contributed by atoms with Crippen LogP contribution in [0.5, 0.6) is 0 Å². The highest BCUT2D eigenvalue weighted by Crippen LogP contribution is 2.45. The number of fused-ring (bicyclic) bond motifs is 1. The fourth-order valence-corrected chi connectivity index (χ4v) is 7.55. The Balaban J connectivity index is 1.11. The first-order valence-electron chi connectivity index (χ1n) is 18.4. The number of carbonyl (C=O) groups excluding carboxylic acids is 1. The number of nitrogen functional groups attached to an aromatic ring is 2. The van der Waals surface area contributed by atoms with Crippen LogP contribution in [0.2, 0.25) is 0 Å². The van der Waals surface area contributed by atoms with Crippen LogP contribution in [0.15, 0.2) is 28.7 Å². The highest BCUT2D eigenvalue weighted by molar-refractivity contribution is 7.47. The van der Waals surface area contributed by atoms with Gasteiger partial charge in [0.25, 0.3) is 11.1 Å². The fourth-order valence-electron chi connectivity index (χ4n) is 6.09. The van der Waals surface area contributed by atoms with Crippen LogP contribution in [-0.2, 0) is 41.4 Å². The third-order valence-corrected chi connectivity index (χ3v) is 10.9. The number of rotatable bonds is 21. The number of anilines is 4. The minimum atomic E-state index is -4.92. The van der Waals surface area contributed by atoms with E-state index in [0.29, 0.717) is 0 Å². The average molecular weight is 910 g/mol. The zero-order chi connectivity index (χ0) is 44.8. The van der Waals surface area contributed by atoms with Gasteiger partial charge in [-0.05, 0) is 5.92 Å². The summed E-state index contributed by atoms with van der Waals surface area (Å²) in [6.07, 6.45) is -7.91. The number of hydrogen-bond acceptors (Lipinski definition) is 22. The van der Waals surface area contributed by atoms with E-state index < -0.39 is 115 Å². The van der Waals surface area contributed by atoms with Crippen LogP contribution in [-0.4, -0.2) is 156 Å². The number of nitrogens with one attached hydrogen (secondary N) is 3. The normalized spacial score (nSPS) is 24.7. The summed E-state index contributed by atoms with van der Waals surface area (Å²) in [7, 11) is -8.28. The molecule has 7 unspecified atom stereocenters. The molecule has 2 fully saturated rings. The van der Waals surface area contributed by atoms with E-state index in [4.69, 9.17) is 43.8 Å². The lowest BCUT2D eigenvalue weighted by Gasteiger charge is -2.29. The van der Waals surface area contributed by atoms with Crippen molar-refractivity contribution in [1.82, 2.24) is 34.4 Å². The number of phosphoric ester groups is 2. The summed E-state index contributed by atoms with van der Waals surface area (Å²) in [5, 5.41) is 34.7. The van der Waals surface area contributed by atoms with Gasteiger partial charge in [-0.2, -0.15) is 9.97 Å². The first-order chi connectivity index (χ1) is 28.7. The van der Waals surface area contributed by atoms with E-state index >= 15 is 0 Å². The number of imidazole rings is 1. The van der Waals surface area contributed by atoms with Crippen molar-refractivity contribution in [3.05, 3.63) is 39.8 Å². The Kier molecular flexibility index (Phi) is 15.7. The first kappa shape index (κ1) is 47.5. The molecule has 5 heterocycles. The van der Waals surface area contributed by atoms with Crippen LogP contribution in [0.4, 0.5) is 28.2 Å². The zero-order valence-electron chi connectivity index (χ0n) is 33.0. The molecule has 0 spiro atoms. The molecule has 5 rings (SSSR count). The second-order valence-electron chi connectivity index (χ2n) is 13.9. The third-order valence-electron chi connectivity index (χ3n) is 8.97. The Labute approximate surface area is 345 Å². The van der Waals surface area contributed by atoms with Crippen molar-refractivity contribution in [1.29, 1.82) is 0 Å². The van der Waals surface area contributed by atoms with E-state index in [1.54, 1.807) is 13.8 Å². The summed E-state index contributed by atoms with van der Waals surface area (Å²) in [6.45, 7) is 3.86. The SMILES string of the molecule is C=CN(c1nc(N)[nH]c(=O)c1NC)[C@@H]1OC(COP(=O)(O)OCCN(CCOP(=O)(O)OCC2C[C@@H](O)C(n3cnc4c(=O)[nH]c(N)nc43)O2)C(=O)OCC(C)C)C(O)C1O. The zero-order valence-corrected chi connectivity index (χ0v) is 34.8. The third kappa shape index (κ3) is 11.9. The quantitative estimate of drug-likeness (QED) is 0.0545. The molecule has 30 heteroatoms. The standard InChI is InChI=1S/C31H49N11O17P2/c1-5-41(23-19(34-4)25(46)38-29(32)36-23)28-22(45)21(44)18(59-28)13-57-61(51,52)55-9-7-40(31(48)53-11-15(2)3)6-8-54-60(49,50)56-12-16-10-17(43)27(58-16)42-14-35-20-24(42)37-30(33)39-26(20)47/h5,14-18,21-22,27-28,34,43-45H,1,6-13H2,2-4H3,(H,49,50)(H,51,52)(H3,32,36,38,46)(H3,33,37,39,47)/t16?,17-,18?,21?,22?,27?,28-/m1/s1. The number of aliphatic hydroxyl groups is 3. The van der Waals surface area contributed by atoms with Crippen LogP contribution >= 0.6 is 15.6 Å². The van der Waals surface area contributed by atoms with E-state index in [0.717, 1.165) is 16.0 Å². The van der Waals surface area contributed by atoms with E-state index in [2.05, 4.69) is 36.8 Å². The molecule has 2 saturated heterocycles. The van der Waals surface area contributed by atoms with Gasteiger partial charge >= 0.3 is 21.7 Å². The molecule has 1 amide bonds. The molecule has 0 radical (unpaired) electrons. The van der Waals surface area contributed by atoms with Gasteiger partial charge < -0.3 is 65.9 Å². The van der Waals surface area contributed by atoms with Gasteiger partial charge in [-0.1, -0.05) is 20.4 Å². The molecule has 0 aliphatic carbocycles. The van der Waals surface area contributed by atoms with E-state index in [1.165, 1.54) is 17.9 Å². The summed E-state index contributed by atoms with van der Waals surface area (Å²) < 4.78 is 63.7. The average Bonchev–Trinajstić information content (AvgIpc) is 3.86. The van der Waals surface area contributed by atoms with Crippen LogP contribution in [0.25, 0.3) is 11.2 Å². The summed E-state index contributed by atoms with van der Waals surface area (Å²) >= 11 is 0. The molecule has 2 aliphatic rings. The Morgan fingerprint density at radius 1 is 1.02 bits per heavy atom. The second-order valence-corrected chi connectivity index (χ2v) is 16.8. The van der Waals surface area contributed by atoms with Crippen LogP contribution < -0.4 is 32.8 Å². The fraction of sp³-hybridized carbons (Fsp3) is 0.613. The van der Waals surface area contributed by atoms with Crippen LogP contribution in [0, 0.1) is 5.92 Å². The summed E-state index contributed by atoms with van der Waals surface area (Å²) in [5.74, 6) is -0.638. The minimum Gasteiger partial charge on any atom is -0.449 e. The number of carbonyl (C=O) groups is 1. The van der Waals surface area contributed by atoms with Gasteiger partial charge in [-0.15, -0.1) is 0 Å². The molecule has 340 valence electrons. The molecule has 9 atom stereocenters. The number of H-pyrrole nitrogens is 2. The molecule has 61 heavy (non-hydrogen) atoms. The maximum Gasteiger partial charge on any atom is 0.472 e. The topological polar surface area (TPSA) is 397 Å². The predicted octanol–water partition coefficient (Wildman–Crippen LogP) is -1.48. The van der Waals surface area contributed by atoms with Gasteiger partial charge in [0, 0.05) is 32.8 Å². The van der Waals surface area contributed by atoms with Gasteiger partial charge in [0.15, 0.2) is 29.4 Å². The summed E-state index contributed by atoms with van der Waals surface area (Å²) in [5.41, 5.74) is 9.98. The predicted molar refractivity (Wildman–Crippen MR) is 210 cm³/mol. The lowest BCUT2D eigenvalue weighted by molar-refractivity contribution is -0.0490. The molecule has 28 nitrogen and oxygen atoms in total. The van der Waals surface area contributed by atoms with Crippen LogP contribution in [0.3, 0.4) is 0 Å². The van der Waals surface area contributed by atoms with Crippen molar-refractivity contribution in [2.75, 3.05) is 74.9 Å². The van der Waals surface area contributed by atoms with Crippen molar-refractivity contribution < 1.29 is 71.3 Å². The molecule has 0 aromatic carbocycles. The number of phosphoric acid groups is 2. The number of amides is 1. The maximum absolute atomic E-state index is 12.9. The van der Waals surface area contributed by atoms with Gasteiger partial charge in [0.2, 0.25) is 11.9 Å². The first-order valence-corrected chi connectivity index (χ1v) is 21.4. The number of aliphatic hydroxyl groups excluding tert-OH is 3. The number of hydrogen-bond donors (Lipinski definition) is 10.